The Balaban J connectivity index is 1.78. The molecule has 4 heteroatoms. The highest BCUT2D eigenvalue weighted by Gasteiger charge is 2.17. The lowest BCUT2D eigenvalue weighted by Gasteiger charge is -2.11. The molecule has 19 heavy (non-hydrogen) atoms. The Labute approximate surface area is 129 Å². The second-order valence-electron chi connectivity index (χ2n) is 4.39. The normalized spacial score (nSPS) is 12.9. The molecule has 1 aliphatic rings. The maximum Gasteiger partial charge on any atom is 0.129 e. The zero-order valence-electron chi connectivity index (χ0n) is 10.2. The summed E-state index contributed by atoms with van der Waals surface area (Å²) in [7, 11) is 0. The van der Waals surface area contributed by atoms with Gasteiger partial charge in [0.05, 0.1) is 6.61 Å². The molecule has 0 spiro atoms. The Morgan fingerprint density at radius 3 is 2.63 bits per heavy atom. The van der Waals surface area contributed by atoms with E-state index in [1.807, 2.05) is 24.3 Å². The summed E-state index contributed by atoms with van der Waals surface area (Å²) in [5, 5.41) is 0. The number of hydrogen-bond donors (Lipinski definition) is 0. The summed E-state index contributed by atoms with van der Waals surface area (Å²) in [6.45, 7) is 1.28. The van der Waals surface area contributed by atoms with Crippen molar-refractivity contribution in [1.82, 2.24) is 0 Å². The monoisotopic (exact) mass is 382 g/mol. The van der Waals surface area contributed by atoms with E-state index in [0.717, 1.165) is 39.0 Å². The van der Waals surface area contributed by atoms with Crippen molar-refractivity contribution < 1.29 is 9.47 Å². The van der Waals surface area contributed by atoms with E-state index in [1.165, 1.54) is 5.56 Å². The average Bonchev–Trinajstić information content (AvgIpc) is 2.85. The molecule has 2 nitrogen and oxygen atoms in total. The molecular weight excluding hydrogens is 372 g/mol. The lowest BCUT2D eigenvalue weighted by atomic mass is 10.1. The summed E-state index contributed by atoms with van der Waals surface area (Å²) >= 11 is 6.94. The molecule has 0 N–H and O–H groups in total. The van der Waals surface area contributed by atoms with Gasteiger partial charge in [0.25, 0.3) is 0 Å². The van der Waals surface area contributed by atoms with Crippen molar-refractivity contribution in [3.8, 4) is 11.5 Å². The van der Waals surface area contributed by atoms with Gasteiger partial charge in [0.1, 0.15) is 18.1 Å². The minimum absolute atomic E-state index is 0.517. The minimum Gasteiger partial charge on any atom is -0.493 e. The molecule has 0 saturated carbocycles. The zero-order valence-corrected chi connectivity index (χ0v) is 13.3. The third-order valence-electron chi connectivity index (χ3n) is 3.03. The van der Waals surface area contributed by atoms with Gasteiger partial charge in [-0.15, -0.1) is 0 Å². The Morgan fingerprint density at radius 2 is 1.84 bits per heavy atom. The number of hydrogen-bond acceptors (Lipinski definition) is 2. The maximum absolute atomic E-state index is 5.81. The molecule has 3 rings (SSSR count). The standard InChI is InChI=1S/C15H12Br2O2/c16-12-1-3-14(4-2-12)19-9-11-8-13(17)7-10-5-6-18-15(10)11/h1-4,7-8H,5-6,9H2. The van der Waals surface area contributed by atoms with E-state index >= 15 is 0 Å². The van der Waals surface area contributed by atoms with Gasteiger partial charge in [0.2, 0.25) is 0 Å². The van der Waals surface area contributed by atoms with Crippen LogP contribution in [0, 0.1) is 0 Å². The molecule has 0 aromatic heterocycles. The van der Waals surface area contributed by atoms with Crippen LogP contribution in [0.4, 0.5) is 0 Å². The first-order valence-electron chi connectivity index (χ1n) is 6.05. The molecule has 0 fully saturated rings. The van der Waals surface area contributed by atoms with E-state index in [0.29, 0.717) is 6.61 Å². The second-order valence-corrected chi connectivity index (χ2v) is 6.23. The first kappa shape index (κ1) is 13.0. The van der Waals surface area contributed by atoms with E-state index in [-0.39, 0.29) is 0 Å². The Kier molecular flexibility index (Phi) is 3.80. The molecule has 0 radical (unpaired) electrons. The van der Waals surface area contributed by atoms with Crippen molar-refractivity contribution in [3.05, 3.63) is 56.5 Å². The number of halogens is 2. The van der Waals surface area contributed by atoms with E-state index in [4.69, 9.17) is 9.47 Å². The van der Waals surface area contributed by atoms with Gasteiger partial charge < -0.3 is 9.47 Å². The highest BCUT2D eigenvalue weighted by molar-refractivity contribution is 9.10. The molecule has 0 atom stereocenters. The smallest absolute Gasteiger partial charge is 0.129 e. The first-order valence-corrected chi connectivity index (χ1v) is 7.63. The number of rotatable bonds is 3. The molecule has 0 amide bonds. The lowest BCUT2D eigenvalue weighted by molar-refractivity contribution is 0.292. The van der Waals surface area contributed by atoms with Crippen LogP contribution in [0.1, 0.15) is 11.1 Å². The molecule has 2 aromatic rings. The molecule has 2 aromatic carbocycles. The van der Waals surface area contributed by atoms with Gasteiger partial charge in [-0.05, 0) is 42.0 Å². The van der Waals surface area contributed by atoms with E-state index in [1.54, 1.807) is 0 Å². The van der Waals surface area contributed by atoms with Crippen LogP contribution < -0.4 is 9.47 Å². The molecule has 0 bridgehead atoms. The van der Waals surface area contributed by atoms with Crippen molar-refractivity contribution in [1.29, 1.82) is 0 Å². The number of ether oxygens (including phenoxy) is 2. The SMILES string of the molecule is Brc1ccc(OCc2cc(Br)cc3c2OCC3)cc1. The Morgan fingerprint density at radius 1 is 1.05 bits per heavy atom. The highest BCUT2D eigenvalue weighted by atomic mass is 79.9. The van der Waals surface area contributed by atoms with Gasteiger partial charge >= 0.3 is 0 Å². The fraction of sp³-hybridized carbons (Fsp3) is 0.200. The van der Waals surface area contributed by atoms with Crippen molar-refractivity contribution in [2.75, 3.05) is 6.61 Å². The van der Waals surface area contributed by atoms with Crippen LogP contribution in [-0.2, 0) is 13.0 Å². The summed E-state index contributed by atoms with van der Waals surface area (Å²) in [5.74, 6) is 1.84. The van der Waals surface area contributed by atoms with Crippen molar-refractivity contribution >= 4 is 31.9 Å². The van der Waals surface area contributed by atoms with E-state index < -0.39 is 0 Å². The Hall–Kier alpha value is -1.00. The summed E-state index contributed by atoms with van der Waals surface area (Å²) in [5.41, 5.74) is 2.34. The summed E-state index contributed by atoms with van der Waals surface area (Å²) in [6.07, 6.45) is 0.972. The van der Waals surface area contributed by atoms with Gasteiger partial charge in [-0.2, -0.15) is 0 Å². The van der Waals surface area contributed by atoms with Crippen LogP contribution in [-0.4, -0.2) is 6.61 Å². The highest BCUT2D eigenvalue weighted by Crippen LogP contribution is 2.33. The average molecular weight is 384 g/mol. The van der Waals surface area contributed by atoms with Gasteiger partial charge in [0.15, 0.2) is 0 Å². The summed E-state index contributed by atoms with van der Waals surface area (Å²) in [6, 6.07) is 12.0. The third-order valence-corrected chi connectivity index (χ3v) is 4.02. The molecular formula is C15H12Br2O2. The number of benzene rings is 2. The van der Waals surface area contributed by atoms with Crippen LogP contribution in [0.5, 0.6) is 11.5 Å². The van der Waals surface area contributed by atoms with Crippen LogP contribution in [0.3, 0.4) is 0 Å². The van der Waals surface area contributed by atoms with E-state index in [9.17, 15) is 0 Å². The second kappa shape index (κ2) is 5.55. The van der Waals surface area contributed by atoms with Crippen LogP contribution >= 0.6 is 31.9 Å². The molecule has 98 valence electrons. The quantitative estimate of drug-likeness (QED) is 0.762. The molecule has 0 saturated heterocycles. The molecule has 0 unspecified atom stereocenters. The molecule has 1 heterocycles. The summed E-state index contributed by atoms with van der Waals surface area (Å²) in [4.78, 5) is 0. The van der Waals surface area contributed by atoms with Gasteiger partial charge in [-0.1, -0.05) is 31.9 Å². The summed E-state index contributed by atoms with van der Waals surface area (Å²) < 4.78 is 13.6. The van der Waals surface area contributed by atoms with Crippen molar-refractivity contribution in [3.63, 3.8) is 0 Å². The Bertz CT molecular complexity index is 594. The molecule has 1 aliphatic heterocycles. The minimum atomic E-state index is 0.517. The fourth-order valence-electron chi connectivity index (χ4n) is 2.15. The maximum atomic E-state index is 5.81. The van der Waals surface area contributed by atoms with Gasteiger partial charge in [-0.3, -0.25) is 0 Å². The van der Waals surface area contributed by atoms with E-state index in [2.05, 4.69) is 44.0 Å². The predicted molar refractivity (Wildman–Crippen MR) is 81.8 cm³/mol. The topological polar surface area (TPSA) is 18.5 Å². The van der Waals surface area contributed by atoms with Crippen molar-refractivity contribution in [2.24, 2.45) is 0 Å². The number of fused-ring (bicyclic) bond motifs is 1. The zero-order chi connectivity index (χ0) is 13.2. The van der Waals surface area contributed by atoms with Gasteiger partial charge in [-0.25, -0.2) is 0 Å². The third kappa shape index (κ3) is 2.95. The predicted octanol–water partition coefficient (Wildman–Crippen LogP) is 4.73. The van der Waals surface area contributed by atoms with Crippen LogP contribution in [0.2, 0.25) is 0 Å². The van der Waals surface area contributed by atoms with Crippen LogP contribution in [0.25, 0.3) is 0 Å². The first-order chi connectivity index (χ1) is 9.22. The molecule has 0 aliphatic carbocycles. The van der Waals surface area contributed by atoms with Gasteiger partial charge in [0, 0.05) is 20.9 Å². The lowest BCUT2D eigenvalue weighted by Crippen LogP contribution is -1.98. The van der Waals surface area contributed by atoms with Crippen LogP contribution in [0.15, 0.2) is 45.3 Å². The largest absolute Gasteiger partial charge is 0.493 e. The fourth-order valence-corrected chi connectivity index (χ4v) is 2.96. The van der Waals surface area contributed by atoms with Crippen molar-refractivity contribution in [2.45, 2.75) is 13.0 Å².